The van der Waals surface area contributed by atoms with Crippen LogP contribution in [-0.4, -0.2) is 89.4 Å². The monoisotopic (exact) mass is 486 g/mol. The van der Waals surface area contributed by atoms with E-state index in [1.807, 2.05) is 0 Å². The molecular weight excluding hydrogens is 468 g/mol. The topological polar surface area (TPSA) is 292 Å². The van der Waals surface area contributed by atoms with Gasteiger partial charge in [-0.2, -0.15) is 0 Å². The summed E-state index contributed by atoms with van der Waals surface area (Å²) in [4.78, 5) is 72.4. The number of rotatable bonds is 15. The summed E-state index contributed by atoms with van der Waals surface area (Å²) in [7, 11) is 0. The van der Waals surface area contributed by atoms with E-state index in [9.17, 15) is 65.5 Å². The molecule has 0 saturated carbocycles. The summed E-state index contributed by atoms with van der Waals surface area (Å²) >= 11 is 0. The van der Waals surface area contributed by atoms with Crippen molar-refractivity contribution in [3.63, 3.8) is 0 Å². The maximum atomic E-state index is 11.3. The normalized spacial score (nSPS) is 11.4. The van der Waals surface area contributed by atoms with Crippen LogP contribution >= 0.6 is 0 Å². The highest BCUT2D eigenvalue weighted by Crippen LogP contribution is 2.16. The van der Waals surface area contributed by atoms with Gasteiger partial charge in [0.1, 0.15) is 38.9 Å². The Kier molecular flexibility index (Phi) is 9.21. The van der Waals surface area contributed by atoms with Gasteiger partial charge in [-0.3, -0.25) is 45.3 Å². The van der Waals surface area contributed by atoms with Crippen molar-refractivity contribution in [3.8, 4) is 0 Å². The molecule has 0 bridgehead atoms. The Morgan fingerprint density at radius 3 is 1.18 bits per heavy atom. The first kappa shape index (κ1) is 28.5. The van der Waals surface area contributed by atoms with E-state index in [0.717, 1.165) is 6.92 Å². The van der Waals surface area contributed by atoms with Gasteiger partial charge in [0.25, 0.3) is 0 Å². The molecule has 0 radical (unpaired) electrons. The van der Waals surface area contributed by atoms with Crippen LogP contribution in [0, 0.1) is 60.7 Å². The molecule has 0 aromatic heterocycles. The number of carbonyl (C=O) groups is 1. The molecule has 0 fully saturated rings. The summed E-state index contributed by atoms with van der Waals surface area (Å²) in [5.41, 5.74) is -6.21. The van der Waals surface area contributed by atoms with Crippen LogP contribution < -0.4 is 0 Å². The molecule has 0 rings (SSSR count). The Hall–Kier alpha value is -4.53. The highest BCUT2D eigenvalue weighted by atomic mass is 16.7. The molecule has 0 heterocycles. The molecule has 0 aliphatic rings. The van der Waals surface area contributed by atoms with Gasteiger partial charge in [0.2, 0.25) is 13.1 Å². The Labute approximate surface area is 181 Å². The zero-order valence-electron chi connectivity index (χ0n) is 17.2. The zero-order chi connectivity index (χ0) is 26.3. The SMILES string of the molecule is CC(=O)OC(CN(CC(C)([N+](=O)[O-])[N+](=O)[O-])[N+](=O)[O-])CN(CC(C)([N+](=O)[O-])[N+](=O)[O-])[N+](=O)[O-]. The smallest absolute Gasteiger partial charge is 0.458 e. The fourth-order valence-corrected chi connectivity index (χ4v) is 2.27. The highest BCUT2D eigenvalue weighted by Gasteiger charge is 2.56. The lowest BCUT2D eigenvalue weighted by Crippen LogP contribution is -2.58. The van der Waals surface area contributed by atoms with Crippen LogP contribution in [0.3, 0.4) is 0 Å². The molecule has 33 heavy (non-hydrogen) atoms. The fourth-order valence-electron chi connectivity index (χ4n) is 2.27. The minimum absolute atomic E-state index is 0.114. The van der Waals surface area contributed by atoms with E-state index in [-0.39, 0.29) is 10.0 Å². The van der Waals surface area contributed by atoms with Gasteiger partial charge in [-0.05, 0) is 0 Å². The number of hydrazine groups is 2. The molecule has 0 aromatic rings. The molecule has 22 nitrogen and oxygen atoms in total. The Morgan fingerprint density at radius 1 is 0.727 bits per heavy atom. The fraction of sp³-hybridized carbons (Fsp3) is 0.909. The number of carbonyl (C=O) groups excluding carboxylic acids is 1. The van der Waals surface area contributed by atoms with Crippen molar-refractivity contribution in [3.05, 3.63) is 60.7 Å². The first-order valence-corrected chi connectivity index (χ1v) is 8.42. The number of hydrogen-bond acceptors (Lipinski definition) is 14. The Morgan fingerprint density at radius 2 is 1.00 bits per heavy atom. The van der Waals surface area contributed by atoms with Crippen molar-refractivity contribution in [2.45, 2.75) is 38.2 Å². The van der Waals surface area contributed by atoms with Crippen molar-refractivity contribution in [2.24, 2.45) is 0 Å². The van der Waals surface area contributed by atoms with Crippen molar-refractivity contribution in [1.29, 1.82) is 0 Å². The zero-order valence-corrected chi connectivity index (χ0v) is 17.2. The second-order valence-electron chi connectivity index (χ2n) is 6.86. The molecule has 0 aromatic carbocycles. The first-order chi connectivity index (χ1) is 14.9. The quantitative estimate of drug-likeness (QED) is 0.109. The molecule has 0 amide bonds. The average molecular weight is 486 g/mol. The van der Waals surface area contributed by atoms with Crippen molar-refractivity contribution < 1.29 is 39.3 Å². The van der Waals surface area contributed by atoms with E-state index in [0.29, 0.717) is 13.8 Å². The van der Waals surface area contributed by atoms with Gasteiger partial charge < -0.3 is 4.74 Å². The maximum Gasteiger partial charge on any atom is 0.478 e. The van der Waals surface area contributed by atoms with E-state index in [2.05, 4.69) is 4.74 Å². The van der Waals surface area contributed by atoms with Crippen LogP contribution in [0.1, 0.15) is 20.8 Å². The summed E-state index contributed by atoms with van der Waals surface area (Å²) < 4.78 is 4.67. The third-order valence-corrected chi connectivity index (χ3v) is 4.16. The molecule has 0 N–H and O–H groups in total. The number of esters is 1. The predicted molar refractivity (Wildman–Crippen MR) is 97.5 cm³/mol. The van der Waals surface area contributed by atoms with Crippen LogP contribution in [0.5, 0.6) is 0 Å². The van der Waals surface area contributed by atoms with Gasteiger partial charge in [-0.1, -0.05) is 0 Å². The summed E-state index contributed by atoms with van der Waals surface area (Å²) in [5.74, 6) is -1.16. The van der Waals surface area contributed by atoms with E-state index >= 15 is 0 Å². The summed E-state index contributed by atoms with van der Waals surface area (Å²) in [6, 6.07) is 0. The van der Waals surface area contributed by atoms with Gasteiger partial charge in [-0.15, -0.1) is 10.0 Å². The second kappa shape index (κ2) is 10.7. The summed E-state index contributed by atoms with van der Waals surface area (Å²) in [5, 5.41) is 63.9. The largest absolute Gasteiger partial charge is 0.478 e. The first-order valence-electron chi connectivity index (χ1n) is 8.42. The van der Waals surface area contributed by atoms with E-state index in [1.54, 1.807) is 0 Å². The van der Waals surface area contributed by atoms with Crippen molar-refractivity contribution in [2.75, 3.05) is 26.2 Å². The molecule has 0 aliphatic carbocycles. The van der Waals surface area contributed by atoms with Crippen molar-refractivity contribution >= 4 is 5.97 Å². The lowest BCUT2D eigenvalue weighted by Gasteiger charge is -2.25. The molecule has 0 saturated heterocycles. The number of ether oxygens (including phenoxy) is 1. The Balaban J connectivity index is 6.02. The molecule has 186 valence electrons. The van der Waals surface area contributed by atoms with Crippen LogP contribution in [0.25, 0.3) is 0 Å². The molecule has 0 atom stereocenters. The molecule has 22 heteroatoms. The van der Waals surface area contributed by atoms with E-state index < -0.39 is 79.3 Å². The second-order valence-corrected chi connectivity index (χ2v) is 6.86. The van der Waals surface area contributed by atoms with Gasteiger partial charge in [0.05, 0.1) is 13.8 Å². The molecule has 0 aliphatic heterocycles. The van der Waals surface area contributed by atoms with Crippen LogP contribution in [0.15, 0.2) is 0 Å². The molecular formula is C11H18N8O14. The van der Waals surface area contributed by atoms with Gasteiger partial charge in [0.15, 0.2) is 10.1 Å². The third kappa shape index (κ3) is 7.28. The maximum absolute atomic E-state index is 11.3. The third-order valence-electron chi connectivity index (χ3n) is 4.16. The number of hydrogen-bond donors (Lipinski definition) is 0. The van der Waals surface area contributed by atoms with Gasteiger partial charge >= 0.3 is 17.3 Å². The minimum Gasteiger partial charge on any atom is -0.458 e. The number of nitrogens with zero attached hydrogens (tertiary/aromatic N) is 8. The van der Waals surface area contributed by atoms with Crippen LogP contribution in [0.2, 0.25) is 0 Å². The van der Waals surface area contributed by atoms with Crippen LogP contribution in [0.4, 0.5) is 0 Å². The standard InChI is InChI=1S/C11H18N8O14/c1-8(20)33-9(4-12(18(29)30)6-10(2,14(21)22)15(23)24)5-13(19(31)32)7-11(3,16(25)26)17(27)28/h9H,4-7H2,1-3H3. The van der Waals surface area contributed by atoms with Gasteiger partial charge in [-0.25, -0.2) is 20.2 Å². The van der Waals surface area contributed by atoms with E-state index in [1.165, 1.54) is 0 Å². The average Bonchev–Trinajstić information content (AvgIpc) is 2.64. The van der Waals surface area contributed by atoms with E-state index in [4.69, 9.17) is 0 Å². The summed E-state index contributed by atoms with van der Waals surface area (Å²) in [6.07, 6.45) is -1.91. The number of nitro groups is 6. The lowest BCUT2D eigenvalue weighted by molar-refractivity contribution is -0.805. The Bertz CT molecular complexity index is 759. The lowest BCUT2D eigenvalue weighted by atomic mass is 10.2. The highest BCUT2D eigenvalue weighted by molar-refractivity contribution is 5.66. The van der Waals surface area contributed by atoms with Gasteiger partial charge in [0, 0.05) is 6.92 Å². The molecule has 0 spiro atoms. The molecule has 0 unspecified atom stereocenters. The minimum atomic E-state index is -3.10. The predicted octanol–water partition coefficient (Wildman–Crippen LogP) is -1.56. The summed E-state index contributed by atoms with van der Waals surface area (Å²) in [6.45, 7) is -3.63. The van der Waals surface area contributed by atoms with Crippen molar-refractivity contribution in [1.82, 2.24) is 10.0 Å². The van der Waals surface area contributed by atoms with Crippen LogP contribution in [-0.2, 0) is 9.53 Å².